The molecule has 0 saturated carbocycles. The van der Waals surface area contributed by atoms with E-state index in [9.17, 15) is 5.11 Å². The van der Waals surface area contributed by atoms with Gasteiger partial charge in [-0.05, 0) is 46.7 Å². The lowest BCUT2D eigenvalue weighted by molar-refractivity contribution is 0.471. The fraction of sp³-hybridized carbons (Fsp3) is 0.333. The fourth-order valence-electron chi connectivity index (χ4n) is 1.04. The number of aryl methyl sites for hydroxylation is 1. The van der Waals surface area contributed by atoms with E-state index in [2.05, 4.69) is 29.5 Å². The van der Waals surface area contributed by atoms with E-state index in [0.29, 0.717) is 5.02 Å². The molecular weight excluding hydrogens is 286 g/mol. The first-order chi connectivity index (χ1) is 5.65. The van der Waals surface area contributed by atoms with Gasteiger partial charge in [0.05, 0.1) is 3.57 Å². The first kappa shape index (κ1) is 10.1. The Balaban J connectivity index is 3.05. The van der Waals surface area contributed by atoms with Gasteiger partial charge < -0.3 is 5.11 Å². The van der Waals surface area contributed by atoms with Gasteiger partial charge in [0, 0.05) is 5.02 Å². The molecule has 12 heavy (non-hydrogen) atoms. The summed E-state index contributed by atoms with van der Waals surface area (Å²) in [6.45, 7) is 2.11. The van der Waals surface area contributed by atoms with Gasteiger partial charge >= 0.3 is 0 Å². The minimum absolute atomic E-state index is 0.264. The highest BCUT2D eigenvalue weighted by molar-refractivity contribution is 14.1. The molecule has 0 atom stereocenters. The van der Waals surface area contributed by atoms with Crippen LogP contribution < -0.4 is 0 Å². The Morgan fingerprint density at radius 2 is 2.17 bits per heavy atom. The van der Waals surface area contributed by atoms with E-state index >= 15 is 0 Å². The molecule has 0 aliphatic carbocycles. The van der Waals surface area contributed by atoms with Crippen molar-refractivity contribution in [3.8, 4) is 5.75 Å². The Kier molecular flexibility index (Phi) is 3.65. The topological polar surface area (TPSA) is 20.2 Å². The maximum absolute atomic E-state index is 9.30. The molecule has 1 N–H and O–H groups in total. The molecule has 0 fully saturated rings. The van der Waals surface area contributed by atoms with Gasteiger partial charge in [-0.1, -0.05) is 24.9 Å². The molecule has 0 amide bonds. The highest BCUT2D eigenvalue weighted by Gasteiger charge is 2.04. The van der Waals surface area contributed by atoms with Crippen molar-refractivity contribution in [3.05, 3.63) is 26.3 Å². The standard InChI is InChI=1S/C9H10ClIO/c1-2-3-6-4-8(11)9(12)5-7(6)10/h4-5,12H,2-3H2,1H3. The SMILES string of the molecule is CCCc1cc(I)c(O)cc1Cl. The Labute approximate surface area is 90.9 Å². The Hall–Kier alpha value is 0.0400. The van der Waals surface area contributed by atoms with Crippen LogP contribution >= 0.6 is 34.2 Å². The summed E-state index contributed by atoms with van der Waals surface area (Å²) in [7, 11) is 0. The fourth-order valence-corrected chi connectivity index (χ4v) is 1.82. The van der Waals surface area contributed by atoms with E-state index < -0.39 is 0 Å². The molecule has 0 heterocycles. The lowest BCUT2D eigenvalue weighted by Crippen LogP contribution is -1.86. The van der Waals surface area contributed by atoms with Crippen LogP contribution in [0.3, 0.4) is 0 Å². The summed E-state index contributed by atoms with van der Waals surface area (Å²) in [4.78, 5) is 0. The van der Waals surface area contributed by atoms with Crippen molar-refractivity contribution < 1.29 is 5.11 Å². The molecular formula is C9H10ClIO. The molecule has 0 spiro atoms. The normalized spacial score (nSPS) is 10.2. The first-order valence-electron chi connectivity index (χ1n) is 3.82. The molecule has 0 aliphatic rings. The summed E-state index contributed by atoms with van der Waals surface area (Å²) in [5.74, 6) is 0.264. The van der Waals surface area contributed by atoms with Crippen LogP contribution in [0.4, 0.5) is 0 Å². The second-order valence-electron chi connectivity index (χ2n) is 2.65. The minimum Gasteiger partial charge on any atom is -0.507 e. The zero-order valence-corrected chi connectivity index (χ0v) is 9.69. The van der Waals surface area contributed by atoms with E-state index in [0.717, 1.165) is 22.0 Å². The summed E-state index contributed by atoms with van der Waals surface area (Å²) >= 11 is 8.01. The molecule has 1 nitrogen and oxygen atoms in total. The van der Waals surface area contributed by atoms with E-state index in [1.54, 1.807) is 6.07 Å². The Morgan fingerprint density at radius 3 is 2.75 bits per heavy atom. The van der Waals surface area contributed by atoms with Gasteiger partial charge in [-0.25, -0.2) is 0 Å². The second kappa shape index (κ2) is 4.33. The summed E-state index contributed by atoms with van der Waals surface area (Å²) in [5, 5.41) is 9.96. The minimum atomic E-state index is 0.264. The van der Waals surface area contributed by atoms with Crippen LogP contribution in [-0.4, -0.2) is 5.11 Å². The van der Waals surface area contributed by atoms with Gasteiger partial charge in [-0.15, -0.1) is 0 Å². The van der Waals surface area contributed by atoms with Crippen molar-refractivity contribution >= 4 is 34.2 Å². The molecule has 3 heteroatoms. The third kappa shape index (κ3) is 2.26. The van der Waals surface area contributed by atoms with Crippen molar-refractivity contribution in [2.45, 2.75) is 19.8 Å². The predicted octanol–water partition coefficient (Wildman–Crippen LogP) is 3.60. The van der Waals surface area contributed by atoms with E-state index in [-0.39, 0.29) is 5.75 Å². The third-order valence-electron chi connectivity index (χ3n) is 1.64. The highest BCUT2D eigenvalue weighted by atomic mass is 127. The van der Waals surface area contributed by atoms with Crippen LogP contribution in [-0.2, 0) is 6.42 Å². The maximum Gasteiger partial charge on any atom is 0.130 e. The van der Waals surface area contributed by atoms with E-state index in [1.165, 1.54) is 0 Å². The number of hydrogen-bond donors (Lipinski definition) is 1. The van der Waals surface area contributed by atoms with Crippen molar-refractivity contribution in [3.63, 3.8) is 0 Å². The maximum atomic E-state index is 9.30. The first-order valence-corrected chi connectivity index (χ1v) is 5.27. The van der Waals surface area contributed by atoms with Crippen LogP contribution in [0.15, 0.2) is 12.1 Å². The molecule has 1 aromatic rings. The zero-order valence-electron chi connectivity index (χ0n) is 6.77. The monoisotopic (exact) mass is 296 g/mol. The average Bonchev–Trinajstić information content (AvgIpc) is 2.01. The van der Waals surface area contributed by atoms with Gasteiger partial charge in [0.15, 0.2) is 0 Å². The number of phenolic OH excluding ortho intramolecular Hbond substituents is 1. The molecule has 0 saturated heterocycles. The average molecular weight is 297 g/mol. The summed E-state index contributed by atoms with van der Waals surface area (Å²) in [5.41, 5.74) is 1.11. The highest BCUT2D eigenvalue weighted by Crippen LogP contribution is 2.28. The lowest BCUT2D eigenvalue weighted by Gasteiger charge is -2.04. The summed E-state index contributed by atoms with van der Waals surface area (Å²) < 4.78 is 0.862. The second-order valence-corrected chi connectivity index (χ2v) is 4.21. The molecule has 1 rings (SSSR count). The zero-order chi connectivity index (χ0) is 9.14. The van der Waals surface area contributed by atoms with Crippen LogP contribution in [0.1, 0.15) is 18.9 Å². The molecule has 0 bridgehead atoms. The molecule has 0 unspecified atom stereocenters. The number of rotatable bonds is 2. The molecule has 0 aliphatic heterocycles. The van der Waals surface area contributed by atoms with Crippen molar-refractivity contribution in [1.29, 1.82) is 0 Å². The van der Waals surface area contributed by atoms with Crippen LogP contribution in [0.2, 0.25) is 5.02 Å². The van der Waals surface area contributed by atoms with E-state index in [1.807, 2.05) is 6.07 Å². The number of phenols is 1. The Morgan fingerprint density at radius 1 is 1.50 bits per heavy atom. The molecule has 1 aromatic carbocycles. The van der Waals surface area contributed by atoms with Gasteiger partial charge in [-0.2, -0.15) is 0 Å². The van der Waals surface area contributed by atoms with Crippen LogP contribution in [0, 0.1) is 3.57 Å². The van der Waals surface area contributed by atoms with Gasteiger partial charge in [0.2, 0.25) is 0 Å². The van der Waals surface area contributed by atoms with Gasteiger partial charge in [0.25, 0.3) is 0 Å². The number of aromatic hydroxyl groups is 1. The van der Waals surface area contributed by atoms with Crippen molar-refractivity contribution in [2.24, 2.45) is 0 Å². The summed E-state index contributed by atoms with van der Waals surface area (Å²) in [6, 6.07) is 3.54. The smallest absolute Gasteiger partial charge is 0.130 e. The Bertz CT molecular complexity index is 286. The van der Waals surface area contributed by atoms with Crippen LogP contribution in [0.25, 0.3) is 0 Å². The van der Waals surface area contributed by atoms with Gasteiger partial charge in [0.1, 0.15) is 5.75 Å². The largest absolute Gasteiger partial charge is 0.507 e. The van der Waals surface area contributed by atoms with Crippen molar-refractivity contribution in [1.82, 2.24) is 0 Å². The molecule has 66 valence electrons. The predicted molar refractivity (Wildman–Crippen MR) is 59.8 cm³/mol. The molecule has 0 aromatic heterocycles. The number of hydrogen-bond acceptors (Lipinski definition) is 1. The number of benzene rings is 1. The van der Waals surface area contributed by atoms with Crippen LogP contribution in [0.5, 0.6) is 5.75 Å². The summed E-state index contributed by atoms with van der Waals surface area (Å²) in [6.07, 6.45) is 2.04. The quantitative estimate of drug-likeness (QED) is 0.827. The van der Waals surface area contributed by atoms with E-state index in [4.69, 9.17) is 11.6 Å². The molecule has 0 radical (unpaired) electrons. The third-order valence-corrected chi connectivity index (χ3v) is 2.85. The lowest BCUT2D eigenvalue weighted by atomic mass is 10.1. The number of halogens is 2. The van der Waals surface area contributed by atoms with Gasteiger partial charge in [-0.3, -0.25) is 0 Å². The van der Waals surface area contributed by atoms with Crippen molar-refractivity contribution in [2.75, 3.05) is 0 Å².